The summed E-state index contributed by atoms with van der Waals surface area (Å²) in [5.74, 6) is 1.74. The van der Waals surface area contributed by atoms with Crippen molar-refractivity contribution in [2.45, 2.75) is 52.4 Å². The summed E-state index contributed by atoms with van der Waals surface area (Å²) < 4.78 is 11.9. The molecular weight excluding hydrogens is 444 g/mol. The number of amides is 1. The van der Waals surface area contributed by atoms with E-state index in [1.165, 1.54) is 12.8 Å². The smallest absolute Gasteiger partial charge is 0.415 e. The number of carbonyl (C=O) groups excluding carboxylic acids is 1. The summed E-state index contributed by atoms with van der Waals surface area (Å²) in [6.07, 6.45) is 3.81. The predicted octanol–water partition coefficient (Wildman–Crippen LogP) is 4.77. The Hall–Kier alpha value is -3.00. The Morgan fingerprint density at radius 3 is 2.71 bits per heavy atom. The maximum absolute atomic E-state index is 12.9. The number of hydrogen-bond acceptors (Lipinski definition) is 7. The maximum atomic E-state index is 12.9. The van der Waals surface area contributed by atoms with Gasteiger partial charge in [0.2, 0.25) is 0 Å². The lowest BCUT2D eigenvalue weighted by Crippen LogP contribution is -2.37. The van der Waals surface area contributed by atoms with E-state index in [2.05, 4.69) is 31.1 Å². The van der Waals surface area contributed by atoms with Crippen LogP contribution in [-0.4, -0.2) is 54.4 Å². The molecule has 1 saturated carbocycles. The van der Waals surface area contributed by atoms with Crippen molar-refractivity contribution in [3.8, 4) is 28.5 Å². The normalized spacial score (nSPS) is 18.2. The standard InChI is InChI=1S/C27H38N4O4/c1-27(2,3)16-31(4)26(33)35-24-19(18-7-6-12-29-14-18)13-20(30-25(24)28)23-21(32)8-5-9-22(23)34-15-17-10-11-17/h5,8-9,13,17-18,29,32H,6-7,10-12,14-16H2,1-4H3,(H2,28,30). The molecule has 35 heavy (non-hydrogen) atoms. The van der Waals surface area contributed by atoms with E-state index in [-0.39, 0.29) is 22.9 Å². The van der Waals surface area contributed by atoms with Crippen molar-refractivity contribution in [2.75, 3.05) is 39.0 Å². The van der Waals surface area contributed by atoms with Crippen LogP contribution < -0.4 is 20.5 Å². The third-order valence-corrected chi connectivity index (χ3v) is 6.41. The summed E-state index contributed by atoms with van der Waals surface area (Å²) in [5.41, 5.74) is 8.18. The zero-order valence-corrected chi connectivity index (χ0v) is 21.3. The highest BCUT2D eigenvalue weighted by Gasteiger charge is 2.28. The molecule has 1 aliphatic carbocycles. The van der Waals surface area contributed by atoms with Gasteiger partial charge in [0, 0.05) is 31.6 Å². The summed E-state index contributed by atoms with van der Waals surface area (Å²) in [5, 5.41) is 14.2. The minimum absolute atomic E-state index is 0.0702. The van der Waals surface area contributed by atoms with E-state index in [1.807, 2.05) is 12.1 Å². The monoisotopic (exact) mass is 482 g/mol. The quantitative estimate of drug-likeness (QED) is 0.521. The van der Waals surface area contributed by atoms with E-state index < -0.39 is 6.09 Å². The molecule has 0 spiro atoms. The first-order valence-electron chi connectivity index (χ1n) is 12.5. The van der Waals surface area contributed by atoms with E-state index in [0.29, 0.717) is 41.8 Å². The van der Waals surface area contributed by atoms with Crippen molar-refractivity contribution in [1.29, 1.82) is 0 Å². The number of phenolic OH excluding ortho intramolecular Hbond substituents is 1. The number of aromatic hydroxyl groups is 1. The van der Waals surface area contributed by atoms with Gasteiger partial charge in [-0.1, -0.05) is 26.8 Å². The fourth-order valence-corrected chi connectivity index (χ4v) is 4.56. The number of piperidine rings is 1. The highest BCUT2D eigenvalue weighted by Crippen LogP contribution is 2.43. The van der Waals surface area contributed by atoms with Gasteiger partial charge in [-0.2, -0.15) is 0 Å². The van der Waals surface area contributed by atoms with Gasteiger partial charge in [0.15, 0.2) is 11.6 Å². The van der Waals surface area contributed by atoms with Crippen LogP contribution in [-0.2, 0) is 0 Å². The van der Waals surface area contributed by atoms with Gasteiger partial charge in [-0.05, 0) is 61.8 Å². The first-order valence-corrected chi connectivity index (χ1v) is 12.5. The molecule has 1 aromatic carbocycles. The Morgan fingerprint density at radius 2 is 2.06 bits per heavy atom. The number of ether oxygens (including phenoxy) is 2. The van der Waals surface area contributed by atoms with Gasteiger partial charge < -0.3 is 30.5 Å². The fraction of sp³-hybridized carbons (Fsp3) is 0.556. The molecule has 4 rings (SSSR count). The van der Waals surface area contributed by atoms with Crippen molar-refractivity contribution < 1.29 is 19.4 Å². The molecule has 190 valence electrons. The van der Waals surface area contributed by atoms with Gasteiger partial charge in [0.25, 0.3) is 0 Å². The first kappa shape index (κ1) is 25.1. The van der Waals surface area contributed by atoms with E-state index in [4.69, 9.17) is 15.2 Å². The zero-order valence-electron chi connectivity index (χ0n) is 21.3. The van der Waals surface area contributed by atoms with Crippen LogP contribution in [0.2, 0.25) is 0 Å². The summed E-state index contributed by atoms with van der Waals surface area (Å²) in [6.45, 7) is 9.04. The largest absolute Gasteiger partial charge is 0.507 e. The number of nitrogen functional groups attached to an aromatic ring is 1. The van der Waals surface area contributed by atoms with E-state index >= 15 is 0 Å². The van der Waals surface area contributed by atoms with Gasteiger partial charge in [-0.25, -0.2) is 9.78 Å². The summed E-state index contributed by atoms with van der Waals surface area (Å²) >= 11 is 0. The van der Waals surface area contributed by atoms with Crippen LogP contribution in [0.15, 0.2) is 24.3 Å². The zero-order chi connectivity index (χ0) is 25.2. The molecule has 1 atom stereocenters. The molecule has 0 radical (unpaired) electrons. The van der Waals surface area contributed by atoms with Crippen LogP contribution in [0.5, 0.6) is 17.2 Å². The number of benzene rings is 1. The predicted molar refractivity (Wildman–Crippen MR) is 137 cm³/mol. The molecule has 2 aliphatic rings. The minimum Gasteiger partial charge on any atom is -0.507 e. The average molecular weight is 483 g/mol. The average Bonchev–Trinajstić information content (AvgIpc) is 3.63. The Morgan fingerprint density at radius 1 is 1.29 bits per heavy atom. The molecule has 2 fully saturated rings. The lowest BCUT2D eigenvalue weighted by atomic mass is 9.90. The maximum Gasteiger partial charge on any atom is 0.415 e. The molecular formula is C27H38N4O4. The van der Waals surface area contributed by atoms with Gasteiger partial charge >= 0.3 is 6.09 Å². The van der Waals surface area contributed by atoms with Gasteiger partial charge in [-0.15, -0.1) is 0 Å². The molecule has 1 aromatic heterocycles. The summed E-state index contributed by atoms with van der Waals surface area (Å²) in [6, 6.07) is 7.11. The number of phenols is 1. The number of nitrogens with one attached hydrogen (secondary N) is 1. The minimum atomic E-state index is -0.470. The van der Waals surface area contributed by atoms with Crippen LogP contribution in [0, 0.1) is 11.3 Å². The van der Waals surface area contributed by atoms with Crippen LogP contribution in [0.3, 0.4) is 0 Å². The number of pyridine rings is 1. The van der Waals surface area contributed by atoms with Crippen LogP contribution in [0.1, 0.15) is 57.9 Å². The van der Waals surface area contributed by atoms with E-state index in [1.54, 1.807) is 24.1 Å². The second-order valence-electron chi connectivity index (χ2n) is 11.0. The number of rotatable bonds is 7. The Balaban J connectivity index is 1.71. The van der Waals surface area contributed by atoms with Gasteiger partial charge in [0.05, 0.1) is 17.9 Å². The molecule has 1 saturated heterocycles. The Kier molecular flexibility index (Phi) is 7.40. The molecule has 1 aliphatic heterocycles. The van der Waals surface area contributed by atoms with Crippen LogP contribution in [0.4, 0.5) is 10.6 Å². The Bertz CT molecular complexity index is 1060. The third kappa shape index (κ3) is 6.36. The molecule has 1 amide bonds. The number of nitrogens with two attached hydrogens (primary N) is 1. The van der Waals surface area contributed by atoms with Gasteiger partial charge in [-0.3, -0.25) is 0 Å². The molecule has 1 unspecified atom stereocenters. The third-order valence-electron chi connectivity index (χ3n) is 6.41. The number of anilines is 1. The topological polar surface area (TPSA) is 110 Å². The fourth-order valence-electron chi connectivity index (χ4n) is 4.56. The van der Waals surface area contributed by atoms with Crippen molar-refractivity contribution in [2.24, 2.45) is 11.3 Å². The molecule has 8 heteroatoms. The lowest BCUT2D eigenvalue weighted by Gasteiger charge is -2.28. The first-order chi connectivity index (χ1) is 16.6. The van der Waals surface area contributed by atoms with Crippen molar-refractivity contribution >= 4 is 11.9 Å². The molecule has 8 nitrogen and oxygen atoms in total. The lowest BCUT2D eigenvalue weighted by molar-refractivity contribution is 0.145. The highest BCUT2D eigenvalue weighted by atomic mass is 16.6. The molecule has 0 bridgehead atoms. The molecule has 2 aromatic rings. The molecule has 4 N–H and O–H groups in total. The SMILES string of the molecule is CN(CC(C)(C)C)C(=O)Oc1c(C2CCCNC2)cc(-c2c(O)cccc2OCC2CC2)nc1N. The van der Waals surface area contributed by atoms with Crippen molar-refractivity contribution in [1.82, 2.24) is 15.2 Å². The Labute approximate surface area is 207 Å². The number of nitrogens with zero attached hydrogens (tertiary/aromatic N) is 2. The summed E-state index contributed by atoms with van der Waals surface area (Å²) in [4.78, 5) is 19.1. The second kappa shape index (κ2) is 10.3. The number of aromatic nitrogens is 1. The van der Waals surface area contributed by atoms with E-state index in [9.17, 15) is 9.90 Å². The summed E-state index contributed by atoms with van der Waals surface area (Å²) in [7, 11) is 1.72. The number of hydrogen-bond donors (Lipinski definition) is 3. The van der Waals surface area contributed by atoms with E-state index in [0.717, 1.165) is 31.5 Å². The van der Waals surface area contributed by atoms with Crippen LogP contribution in [0.25, 0.3) is 11.3 Å². The number of carbonyl (C=O) groups is 1. The highest BCUT2D eigenvalue weighted by molar-refractivity contribution is 5.79. The van der Waals surface area contributed by atoms with Gasteiger partial charge in [0.1, 0.15) is 11.5 Å². The van der Waals surface area contributed by atoms with Crippen molar-refractivity contribution in [3.05, 3.63) is 29.8 Å². The molecule has 2 heterocycles. The second-order valence-corrected chi connectivity index (χ2v) is 11.0. The van der Waals surface area contributed by atoms with Crippen molar-refractivity contribution in [3.63, 3.8) is 0 Å². The van der Waals surface area contributed by atoms with Crippen LogP contribution >= 0.6 is 0 Å².